The van der Waals surface area contributed by atoms with Crippen molar-refractivity contribution in [2.45, 2.75) is 32.7 Å². The molecule has 0 saturated carbocycles. The third-order valence-corrected chi connectivity index (χ3v) is 2.74. The first-order valence-electron chi connectivity index (χ1n) is 5.62. The predicted molar refractivity (Wildman–Crippen MR) is 59.3 cm³/mol. The Morgan fingerprint density at radius 2 is 2.38 bits per heavy atom. The van der Waals surface area contributed by atoms with E-state index in [4.69, 9.17) is 4.42 Å². The first-order chi connectivity index (χ1) is 7.66. The molecular weight excluding hydrogens is 206 g/mol. The van der Waals surface area contributed by atoms with Crippen LogP contribution in [0.25, 0.3) is 0 Å². The lowest BCUT2D eigenvalue weighted by Gasteiger charge is -2.23. The number of amides is 1. The highest BCUT2D eigenvalue weighted by atomic mass is 16.4. The number of rotatable bonds is 2. The van der Waals surface area contributed by atoms with Gasteiger partial charge in [-0.05, 0) is 26.3 Å². The Kier molecular flexibility index (Phi) is 3.24. The van der Waals surface area contributed by atoms with Crippen molar-refractivity contribution in [1.82, 2.24) is 15.6 Å². The lowest BCUT2D eigenvalue weighted by atomic mass is 10.1. The van der Waals surface area contributed by atoms with E-state index >= 15 is 0 Å². The second-order valence-corrected chi connectivity index (χ2v) is 4.16. The highest BCUT2D eigenvalue weighted by Gasteiger charge is 2.20. The average molecular weight is 223 g/mol. The van der Waals surface area contributed by atoms with Gasteiger partial charge in [0.2, 0.25) is 5.76 Å². The van der Waals surface area contributed by atoms with Crippen LogP contribution in [-0.4, -0.2) is 30.0 Å². The van der Waals surface area contributed by atoms with Crippen LogP contribution in [0, 0.1) is 13.8 Å². The van der Waals surface area contributed by atoms with Crippen molar-refractivity contribution < 1.29 is 9.21 Å². The number of aromatic nitrogens is 1. The largest absolute Gasteiger partial charge is 0.436 e. The molecular formula is C11H17N3O2. The summed E-state index contributed by atoms with van der Waals surface area (Å²) >= 11 is 0. The van der Waals surface area contributed by atoms with Crippen molar-refractivity contribution in [3.63, 3.8) is 0 Å². The lowest BCUT2D eigenvalue weighted by molar-refractivity contribution is 0.0900. The van der Waals surface area contributed by atoms with Crippen molar-refractivity contribution in [2.24, 2.45) is 0 Å². The minimum absolute atomic E-state index is 0.160. The Balaban J connectivity index is 1.99. The third kappa shape index (κ3) is 2.41. The molecule has 1 saturated heterocycles. The van der Waals surface area contributed by atoms with Gasteiger partial charge in [0.1, 0.15) is 0 Å². The number of carbonyl (C=O) groups is 1. The Labute approximate surface area is 94.6 Å². The predicted octanol–water partition coefficient (Wildman–Crippen LogP) is 0.773. The number of nitrogens with one attached hydrogen (secondary N) is 2. The van der Waals surface area contributed by atoms with Gasteiger partial charge in [0.25, 0.3) is 5.91 Å². The molecule has 5 heteroatoms. The van der Waals surface area contributed by atoms with Crippen molar-refractivity contribution in [1.29, 1.82) is 0 Å². The van der Waals surface area contributed by atoms with Gasteiger partial charge in [0.15, 0.2) is 5.89 Å². The highest BCUT2D eigenvalue weighted by Crippen LogP contribution is 2.10. The summed E-state index contributed by atoms with van der Waals surface area (Å²) in [6, 6.07) is 0.200. The molecule has 2 rings (SSSR count). The number of oxazole rings is 1. The fourth-order valence-electron chi connectivity index (χ4n) is 1.97. The van der Waals surface area contributed by atoms with Gasteiger partial charge in [-0.1, -0.05) is 0 Å². The van der Waals surface area contributed by atoms with E-state index in [2.05, 4.69) is 15.6 Å². The molecule has 1 aromatic rings. The summed E-state index contributed by atoms with van der Waals surface area (Å²) in [7, 11) is 0. The summed E-state index contributed by atoms with van der Waals surface area (Å²) in [6.07, 6.45) is 2.12. The number of hydrogen-bond donors (Lipinski definition) is 2. The molecule has 88 valence electrons. The van der Waals surface area contributed by atoms with Gasteiger partial charge in [0.05, 0.1) is 5.69 Å². The van der Waals surface area contributed by atoms with Gasteiger partial charge in [-0.15, -0.1) is 0 Å². The number of carbonyl (C=O) groups excluding carboxylic acids is 1. The molecule has 1 fully saturated rings. The van der Waals surface area contributed by atoms with Crippen LogP contribution in [0.15, 0.2) is 4.42 Å². The zero-order valence-electron chi connectivity index (χ0n) is 9.67. The van der Waals surface area contributed by atoms with Crippen LogP contribution in [0.5, 0.6) is 0 Å². The second kappa shape index (κ2) is 4.65. The number of piperidine rings is 1. The van der Waals surface area contributed by atoms with Crippen LogP contribution < -0.4 is 10.6 Å². The molecule has 2 N–H and O–H groups in total. The molecule has 0 spiro atoms. The summed E-state index contributed by atoms with van der Waals surface area (Å²) in [5.74, 6) is 0.708. The zero-order valence-corrected chi connectivity index (χ0v) is 9.67. The SMILES string of the molecule is Cc1nc(C)c(C(=O)N[C@H]2CCCNC2)o1. The first kappa shape index (κ1) is 11.1. The van der Waals surface area contributed by atoms with Gasteiger partial charge in [0, 0.05) is 19.5 Å². The van der Waals surface area contributed by atoms with E-state index in [9.17, 15) is 4.79 Å². The third-order valence-electron chi connectivity index (χ3n) is 2.74. The van der Waals surface area contributed by atoms with Gasteiger partial charge in [-0.3, -0.25) is 4.79 Å². The van der Waals surface area contributed by atoms with Gasteiger partial charge < -0.3 is 15.1 Å². The highest BCUT2D eigenvalue weighted by molar-refractivity contribution is 5.92. The second-order valence-electron chi connectivity index (χ2n) is 4.16. The van der Waals surface area contributed by atoms with Gasteiger partial charge in [-0.2, -0.15) is 0 Å². The van der Waals surface area contributed by atoms with Crippen molar-refractivity contribution in [2.75, 3.05) is 13.1 Å². The molecule has 2 heterocycles. The van der Waals surface area contributed by atoms with Crippen molar-refractivity contribution >= 4 is 5.91 Å². The number of aryl methyl sites for hydroxylation is 2. The maximum Gasteiger partial charge on any atom is 0.289 e. The quantitative estimate of drug-likeness (QED) is 0.777. The molecule has 0 aliphatic carbocycles. The minimum atomic E-state index is -0.160. The molecule has 1 atom stereocenters. The molecule has 1 aliphatic heterocycles. The fraction of sp³-hybridized carbons (Fsp3) is 0.636. The molecule has 1 amide bonds. The van der Waals surface area contributed by atoms with Crippen molar-refractivity contribution in [3.8, 4) is 0 Å². The Hall–Kier alpha value is -1.36. The Morgan fingerprint density at radius 3 is 2.94 bits per heavy atom. The normalized spacial score (nSPS) is 20.8. The van der Waals surface area contributed by atoms with Crippen LogP contribution in [0.3, 0.4) is 0 Å². The van der Waals surface area contributed by atoms with Crippen LogP contribution >= 0.6 is 0 Å². The van der Waals surface area contributed by atoms with E-state index in [1.807, 2.05) is 0 Å². The molecule has 0 aromatic carbocycles. The molecule has 0 radical (unpaired) electrons. The summed E-state index contributed by atoms with van der Waals surface area (Å²) in [5, 5.41) is 6.20. The summed E-state index contributed by atoms with van der Waals surface area (Å²) in [6.45, 7) is 5.39. The summed E-state index contributed by atoms with van der Waals surface area (Å²) < 4.78 is 5.27. The van der Waals surface area contributed by atoms with E-state index in [1.54, 1.807) is 13.8 Å². The summed E-state index contributed by atoms with van der Waals surface area (Å²) in [5.41, 5.74) is 0.652. The Bertz CT molecular complexity index is 381. The molecule has 1 aromatic heterocycles. The summed E-state index contributed by atoms with van der Waals surface area (Å²) in [4.78, 5) is 16.0. The number of hydrogen-bond acceptors (Lipinski definition) is 4. The smallest absolute Gasteiger partial charge is 0.289 e. The maximum atomic E-state index is 11.9. The molecule has 1 aliphatic rings. The van der Waals surface area contributed by atoms with Crippen LogP contribution in [0.4, 0.5) is 0 Å². The molecule has 5 nitrogen and oxygen atoms in total. The van der Waals surface area contributed by atoms with E-state index < -0.39 is 0 Å². The zero-order chi connectivity index (χ0) is 11.5. The van der Waals surface area contributed by atoms with E-state index in [-0.39, 0.29) is 11.9 Å². The van der Waals surface area contributed by atoms with Crippen LogP contribution in [0.1, 0.15) is 35.0 Å². The van der Waals surface area contributed by atoms with Gasteiger partial charge in [-0.25, -0.2) is 4.98 Å². The van der Waals surface area contributed by atoms with E-state index in [1.165, 1.54) is 0 Å². The molecule has 16 heavy (non-hydrogen) atoms. The van der Waals surface area contributed by atoms with Crippen LogP contribution in [-0.2, 0) is 0 Å². The first-order valence-corrected chi connectivity index (χ1v) is 5.62. The lowest BCUT2D eigenvalue weighted by Crippen LogP contribution is -2.45. The fourth-order valence-corrected chi connectivity index (χ4v) is 1.97. The van der Waals surface area contributed by atoms with E-state index in [0.29, 0.717) is 17.3 Å². The average Bonchev–Trinajstić information content (AvgIpc) is 2.59. The standard InChI is InChI=1S/C11H17N3O2/c1-7-10(16-8(2)13-7)11(15)14-9-4-3-5-12-6-9/h9,12H,3-6H2,1-2H3,(H,14,15)/t9-/m0/s1. The van der Waals surface area contributed by atoms with Gasteiger partial charge >= 0.3 is 0 Å². The minimum Gasteiger partial charge on any atom is -0.436 e. The topological polar surface area (TPSA) is 67.2 Å². The molecule has 0 unspecified atom stereocenters. The maximum absolute atomic E-state index is 11.9. The molecule has 0 bridgehead atoms. The van der Waals surface area contributed by atoms with Crippen LogP contribution in [0.2, 0.25) is 0 Å². The Morgan fingerprint density at radius 1 is 1.56 bits per heavy atom. The number of nitrogens with zero attached hydrogens (tertiary/aromatic N) is 1. The van der Waals surface area contributed by atoms with Crippen molar-refractivity contribution in [3.05, 3.63) is 17.3 Å². The van der Waals surface area contributed by atoms with E-state index in [0.717, 1.165) is 25.9 Å². The monoisotopic (exact) mass is 223 g/mol.